The number of aromatic nitrogens is 2. The van der Waals surface area contributed by atoms with E-state index >= 15 is 0 Å². The number of nitrogens with zero attached hydrogens (tertiary/aromatic N) is 1. The molecule has 2 aromatic rings. The number of carbonyl (C=O) groups is 1. The Morgan fingerprint density at radius 3 is 2.58 bits per heavy atom. The van der Waals surface area contributed by atoms with Gasteiger partial charge in [0.15, 0.2) is 0 Å². The Morgan fingerprint density at radius 1 is 1.37 bits per heavy atom. The highest BCUT2D eigenvalue weighted by molar-refractivity contribution is 6.31. The summed E-state index contributed by atoms with van der Waals surface area (Å²) >= 11 is 5.80. The zero-order valence-electron chi connectivity index (χ0n) is 10.2. The van der Waals surface area contributed by atoms with Crippen LogP contribution >= 0.6 is 11.6 Å². The van der Waals surface area contributed by atoms with Gasteiger partial charge in [-0.05, 0) is 32.0 Å². The van der Waals surface area contributed by atoms with Gasteiger partial charge in [0.1, 0.15) is 5.54 Å². The van der Waals surface area contributed by atoms with Crippen molar-refractivity contribution in [3.05, 3.63) is 44.1 Å². The molecule has 0 spiro atoms. The van der Waals surface area contributed by atoms with Crippen molar-refractivity contribution in [1.82, 2.24) is 9.55 Å². The SMILES string of the molecule is CC(C)(C(=O)O)n1c(=O)[nH]c2ccc(Cl)cc2c1=O. The van der Waals surface area contributed by atoms with Crippen LogP contribution in [0.1, 0.15) is 13.8 Å². The van der Waals surface area contributed by atoms with Gasteiger partial charge in [-0.1, -0.05) is 11.6 Å². The second-order valence-corrected chi connectivity index (χ2v) is 5.06. The summed E-state index contributed by atoms with van der Waals surface area (Å²) in [5.74, 6) is -1.28. The largest absolute Gasteiger partial charge is 0.480 e. The Labute approximate surface area is 112 Å². The van der Waals surface area contributed by atoms with E-state index in [-0.39, 0.29) is 5.39 Å². The summed E-state index contributed by atoms with van der Waals surface area (Å²) in [7, 11) is 0. The van der Waals surface area contributed by atoms with Crippen LogP contribution in [0.15, 0.2) is 27.8 Å². The fourth-order valence-electron chi connectivity index (χ4n) is 1.79. The Morgan fingerprint density at radius 2 is 2.00 bits per heavy atom. The molecule has 2 N–H and O–H groups in total. The fourth-order valence-corrected chi connectivity index (χ4v) is 1.96. The molecule has 7 heteroatoms. The molecule has 100 valence electrons. The summed E-state index contributed by atoms with van der Waals surface area (Å²) in [6.45, 7) is 2.56. The third kappa shape index (κ3) is 2.04. The predicted molar refractivity (Wildman–Crippen MR) is 70.8 cm³/mol. The highest BCUT2D eigenvalue weighted by Gasteiger charge is 2.33. The van der Waals surface area contributed by atoms with Gasteiger partial charge in [0.25, 0.3) is 5.56 Å². The quantitative estimate of drug-likeness (QED) is 0.864. The highest BCUT2D eigenvalue weighted by atomic mass is 35.5. The lowest BCUT2D eigenvalue weighted by Gasteiger charge is -2.21. The van der Waals surface area contributed by atoms with Crippen LogP contribution in [-0.2, 0) is 10.3 Å². The molecular weight excluding hydrogens is 272 g/mol. The van der Waals surface area contributed by atoms with Crippen molar-refractivity contribution in [2.45, 2.75) is 19.4 Å². The van der Waals surface area contributed by atoms with Crippen molar-refractivity contribution >= 4 is 28.5 Å². The maximum absolute atomic E-state index is 12.3. The topological polar surface area (TPSA) is 92.2 Å². The third-order valence-corrected chi connectivity index (χ3v) is 3.18. The van der Waals surface area contributed by atoms with Gasteiger partial charge in [-0.2, -0.15) is 0 Å². The van der Waals surface area contributed by atoms with Gasteiger partial charge in [0.05, 0.1) is 10.9 Å². The van der Waals surface area contributed by atoms with Gasteiger partial charge < -0.3 is 10.1 Å². The molecule has 0 atom stereocenters. The zero-order chi connectivity index (χ0) is 14.4. The van der Waals surface area contributed by atoms with Gasteiger partial charge in [-0.3, -0.25) is 4.79 Å². The van der Waals surface area contributed by atoms with Crippen molar-refractivity contribution in [3.8, 4) is 0 Å². The molecule has 0 fully saturated rings. The number of halogens is 1. The lowest BCUT2D eigenvalue weighted by Crippen LogP contribution is -2.50. The number of hydrogen-bond acceptors (Lipinski definition) is 3. The van der Waals surface area contributed by atoms with Crippen molar-refractivity contribution in [3.63, 3.8) is 0 Å². The number of rotatable bonds is 2. The summed E-state index contributed by atoms with van der Waals surface area (Å²) < 4.78 is 0.675. The van der Waals surface area contributed by atoms with Crippen molar-refractivity contribution in [2.75, 3.05) is 0 Å². The summed E-state index contributed by atoms with van der Waals surface area (Å²) in [6, 6.07) is 4.42. The molecule has 0 unspecified atom stereocenters. The molecule has 0 saturated carbocycles. The number of hydrogen-bond donors (Lipinski definition) is 2. The Hall–Kier alpha value is -2.08. The van der Waals surface area contributed by atoms with E-state index in [4.69, 9.17) is 16.7 Å². The molecule has 0 bridgehead atoms. The molecular formula is C12H11ClN2O4. The Bertz CT molecular complexity index is 788. The van der Waals surface area contributed by atoms with E-state index in [2.05, 4.69) is 4.98 Å². The number of aliphatic carboxylic acids is 1. The van der Waals surface area contributed by atoms with Gasteiger partial charge >= 0.3 is 11.7 Å². The van der Waals surface area contributed by atoms with Gasteiger partial charge in [0.2, 0.25) is 0 Å². The van der Waals surface area contributed by atoms with Crippen molar-refractivity contribution in [1.29, 1.82) is 0 Å². The van der Waals surface area contributed by atoms with E-state index in [1.807, 2.05) is 0 Å². The number of carboxylic acids is 1. The highest BCUT2D eigenvalue weighted by Crippen LogP contribution is 2.16. The molecule has 0 radical (unpaired) electrons. The van der Waals surface area contributed by atoms with Crippen molar-refractivity contribution in [2.24, 2.45) is 0 Å². The van der Waals surface area contributed by atoms with E-state index < -0.39 is 22.8 Å². The zero-order valence-corrected chi connectivity index (χ0v) is 11.0. The average Bonchev–Trinajstić information content (AvgIpc) is 2.30. The maximum Gasteiger partial charge on any atom is 0.329 e. The molecule has 0 aliphatic heterocycles. The number of benzene rings is 1. The van der Waals surface area contributed by atoms with Crippen LogP contribution in [0.4, 0.5) is 0 Å². The van der Waals surface area contributed by atoms with E-state index in [9.17, 15) is 14.4 Å². The standard InChI is InChI=1S/C12H11ClN2O4/c1-12(2,10(17)18)15-9(16)7-5-6(13)3-4-8(7)14-11(15)19/h3-5H,1-2H3,(H,14,19)(H,17,18). The second-order valence-electron chi connectivity index (χ2n) is 4.62. The third-order valence-electron chi connectivity index (χ3n) is 2.94. The summed E-state index contributed by atoms with van der Waals surface area (Å²) in [5.41, 5.74) is -2.79. The summed E-state index contributed by atoms with van der Waals surface area (Å²) in [4.78, 5) is 37.8. The van der Waals surface area contributed by atoms with E-state index in [1.165, 1.54) is 32.0 Å². The molecule has 0 saturated heterocycles. The molecule has 2 rings (SSSR count). The number of aromatic amines is 1. The van der Waals surface area contributed by atoms with Crippen LogP contribution < -0.4 is 11.2 Å². The van der Waals surface area contributed by atoms with Crippen LogP contribution in [0.3, 0.4) is 0 Å². The number of H-pyrrole nitrogens is 1. The molecule has 6 nitrogen and oxygen atoms in total. The van der Waals surface area contributed by atoms with E-state index in [1.54, 1.807) is 0 Å². The minimum Gasteiger partial charge on any atom is -0.480 e. The van der Waals surface area contributed by atoms with E-state index in [0.29, 0.717) is 15.1 Å². The average molecular weight is 283 g/mol. The Kier molecular flexibility index (Phi) is 2.98. The van der Waals surface area contributed by atoms with Crippen LogP contribution in [0, 0.1) is 0 Å². The monoisotopic (exact) mass is 282 g/mol. The first-order valence-corrected chi connectivity index (χ1v) is 5.81. The molecule has 1 aromatic carbocycles. The van der Waals surface area contributed by atoms with Crippen LogP contribution in [0.5, 0.6) is 0 Å². The second kappa shape index (κ2) is 4.24. The van der Waals surface area contributed by atoms with E-state index in [0.717, 1.165) is 0 Å². The first-order chi connectivity index (χ1) is 8.75. The van der Waals surface area contributed by atoms with Crippen LogP contribution in [-0.4, -0.2) is 20.6 Å². The molecule has 0 aliphatic carbocycles. The first kappa shape index (κ1) is 13.4. The fraction of sp³-hybridized carbons (Fsp3) is 0.250. The summed E-state index contributed by atoms with van der Waals surface area (Å²) in [6.07, 6.45) is 0. The number of carboxylic acid groups (broad SMARTS) is 1. The molecule has 1 heterocycles. The molecule has 0 amide bonds. The molecule has 19 heavy (non-hydrogen) atoms. The minimum absolute atomic E-state index is 0.168. The number of fused-ring (bicyclic) bond motifs is 1. The van der Waals surface area contributed by atoms with Crippen molar-refractivity contribution < 1.29 is 9.90 Å². The summed E-state index contributed by atoms with van der Waals surface area (Å²) in [5, 5.41) is 9.63. The lowest BCUT2D eigenvalue weighted by atomic mass is 10.1. The predicted octanol–water partition coefficient (Wildman–Crippen LogP) is 1.16. The van der Waals surface area contributed by atoms with Gasteiger partial charge in [-0.25, -0.2) is 14.2 Å². The normalized spacial score (nSPS) is 11.7. The minimum atomic E-state index is -1.65. The van der Waals surface area contributed by atoms with Gasteiger partial charge in [0, 0.05) is 5.02 Å². The van der Waals surface area contributed by atoms with Gasteiger partial charge in [-0.15, -0.1) is 0 Å². The molecule has 0 aliphatic rings. The Balaban J connectivity index is 2.95. The smallest absolute Gasteiger partial charge is 0.329 e. The lowest BCUT2D eigenvalue weighted by molar-refractivity contribution is -0.146. The number of nitrogens with one attached hydrogen (secondary N) is 1. The van der Waals surface area contributed by atoms with Crippen LogP contribution in [0.2, 0.25) is 5.02 Å². The first-order valence-electron chi connectivity index (χ1n) is 5.43. The maximum atomic E-state index is 12.3. The van der Waals surface area contributed by atoms with Crippen LogP contribution in [0.25, 0.3) is 10.9 Å². The molecule has 1 aromatic heterocycles.